The average Bonchev–Trinajstić information content (AvgIpc) is 3.16. The van der Waals surface area contributed by atoms with Crippen molar-refractivity contribution in [3.05, 3.63) is 74.3 Å². The summed E-state index contributed by atoms with van der Waals surface area (Å²) in [6.45, 7) is 0.195. The van der Waals surface area contributed by atoms with Crippen molar-refractivity contribution in [2.24, 2.45) is 0 Å². The van der Waals surface area contributed by atoms with Crippen molar-refractivity contribution < 1.29 is 13.2 Å². The van der Waals surface area contributed by atoms with Gasteiger partial charge >= 0.3 is 6.18 Å². The minimum Gasteiger partial charge on any atom is -0.356 e. The predicted molar refractivity (Wildman–Crippen MR) is 110 cm³/mol. The molecule has 0 bridgehead atoms. The van der Waals surface area contributed by atoms with Crippen molar-refractivity contribution in [1.29, 1.82) is 0 Å². The van der Waals surface area contributed by atoms with Crippen LogP contribution in [0.15, 0.2) is 47.4 Å². The Bertz CT molecular complexity index is 1290. The van der Waals surface area contributed by atoms with Crippen molar-refractivity contribution in [1.82, 2.24) is 20.0 Å². The molecule has 12 heteroatoms. The first-order chi connectivity index (χ1) is 14.2. The molecule has 4 rings (SSSR count). The van der Waals surface area contributed by atoms with E-state index in [0.29, 0.717) is 10.7 Å². The first-order valence-corrected chi connectivity index (χ1v) is 9.90. The van der Waals surface area contributed by atoms with Crippen LogP contribution in [-0.4, -0.2) is 20.0 Å². The van der Waals surface area contributed by atoms with Crippen molar-refractivity contribution in [2.45, 2.75) is 12.7 Å². The van der Waals surface area contributed by atoms with Crippen molar-refractivity contribution in [3.8, 4) is 5.69 Å². The van der Waals surface area contributed by atoms with Crippen molar-refractivity contribution >= 4 is 49.8 Å². The van der Waals surface area contributed by atoms with Crippen LogP contribution in [0.5, 0.6) is 0 Å². The van der Waals surface area contributed by atoms with Gasteiger partial charge in [0.15, 0.2) is 5.13 Å². The molecule has 0 atom stereocenters. The Morgan fingerprint density at radius 3 is 2.57 bits per heavy atom. The van der Waals surface area contributed by atoms with E-state index >= 15 is 0 Å². The third kappa shape index (κ3) is 4.25. The van der Waals surface area contributed by atoms with Gasteiger partial charge in [-0.15, -0.1) is 5.10 Å². The van der Waals surface area contributed by atoms with Crippen molar-refractivity contribution in [2.75, 3.05) is 5.32 Å². The second-order valence-corrected chi connectivity index (χ2v) is 7.98. The molecule has 0 spiro atoms. The van der Waals surface area contributed by atoms with E-state index in [1.54, 1.807) is 35.1 Å². The minimum absolute atomic E-state index is 0.166. The summed E-state index contributed by atoms with van der Waals surface area (Å²) in [5.41, 5.74) is -0.474. The third-order valence-corrected chi connectivity index (χ3v) is 5.79. The molecule has 0 aliphatic carbocycles. The monoisotopic (exact) mass is 471 g/mol. The van der Waals surface area contributed by atoms with Crippen LogP contribution in [0.1, 0.15) is 11.3 Å². The van der Waals surface area contributed by atoms with Crippen molar-refractivity contribution in [3.63, 3.8) is 0 Å². The summed E-state index contributed by atoms with van der Waals surface area (Å²) in [5.74, 6) is 0. The average molecular weight is 472 g/mol. The van der Waals surface area contributed by atoms with Gasteiger partial charge in [-0.3, -0.25) is 4.79 Å². The molecule has 0 radical (unpaired) electrons. The zero-order valence-electron chi connectivity index (χ0n) is 14.7. The number of aromatic nitrogens is 4. The van der Waals surface area contributed by atoms with E-state index in [1.807, 2.05) is 0 Å². The maximum atomic E-state index is 12.9. The molecule has 0 saturated carbocycles. The number of hydrogen-bond acceptors (Lipinski definition) is 6. The summed E-state index contributed by atoms with van der Waals surface area (Å²) in [5, 5.41) is 11.4. The highest BCUT2D eigenvalue weighted by Gasteiger charge is 2.31. The normalized spacial score (nSPS) is 11.8. The van der Waals surface area contributed by atoms with Gasteiger partial charge in [-0.2, -0.15) is 18.2 Å². The van der Waals surface area contributed by atoms with Crippen LogP contribution in [0.3, 0.4) is 0 Å². The largest absolute Gasteiger partial charge is 0.416 e. The fraction of sp³-hybridized carbons (Fsp3) is 0.111. The number of nitrogens with zero attached hydrogens (tertiary/aromatic N) is 4. The van der Waals surface area contributed by atoms with E-state index in [2.05, 4.69) is 20.6 Å². The standard InChI is InChI=1S/C18H10Cl2F3N5OS/c19-10-1-3-12(4-2-10)28-8-11(26-27-28)7-24-17-25-16(29)13-5-9(18(21,22)23)6-14(20)15(13)30-17/h1-6,8H,7H2,(H,24,25,29). The quantitative estimate of drug-likeness (QED) is 0.444. The van der Waals surface area contributed by atoms with Gasteiger partial charge in [0.05, 0.1) is 39.1 Å². The summed E-state index contributed by atoms with van der Waals surface area (Å²) in [6, 6.07) is 8.56. The van der Waals surface area contributed by atoms with Crippen LogP contribution in [0.25, 0.3) is 15.8 Å². The number of hydrogen-bond donors (Lipinski definition) is 1. The molecule has 154 valence electrons. The molecule has 6 nitrogen and oxygen atoms in total. The van der Waals surface area contributed by atoms with E-state index in [1.165, 1.54) is 0 Å². The molecule has 2 aromatic heterocycles. The topological polar surface area (TPSA) is 72.7 Å². The lowest BCUT2D eigenvalue weighted by Crippen LogP contribution is -2.12. The molecule has 0 aliphatic rings. The highest BCUT2D eigenvalue weighted by Crippen LogP contribution is 2.36. The van der Waals surface area contributed by atoms with Crippen LogP contribution < -0.4 is 10.9 Å². The molecule has 4 aromatic rings. The molecular weight excluding hydrogens is 462 g/mol. The number of alkyl halides is 3. The van der Waals surface area contributed by atoms with Gasteiger partial charge in [-0.1, -0.05) is 39.8 Å². The van der Waals surface area contributed by atoms with Crippen LogP contribution in [-0.2, 0) is 12.7 Å². The Morgan fingerprint density at radius 1 is 1.13 bits per heavy atom. The van der Waals surface area contributed by atoms with Gasteiger partial charge in [-0.25, -0.2) is 4.68 Å². The van der Waals surface area contributed by atoms with E-state index in [-0.39, 0.29) is 26.8 Å². The first kappa shape index (κ1) is 20.6. The number of nitrogens with one attached hydrogen (secondary N) is 1. The lowest BCUT2D eigenvalue weighted by Gasteiger charge is -2.09. The Morgan fingerprint density at radius 2 is 1.87 bits per heavy atom. The Balaban J connectivity index is 1.57. The summed E-state index contributed by atoms with van der Waals surface area (Å²) in [6.07, 6.45) is -2.93. The third-order valence-electron chi connectivity index (χ3n) is 4.06. The molecular formula is C18H10Cl2F3N5OS. The molecule has 0 aliphatic heterocycles. The van der Waals surface area contributed by atoms with Gasteiger partial charge in [0.25, 0.3) is 5.56 Å². The Kier molecular flexibility index (Phi) is 5.39. The molecule has 0 saturated heterocycles. The van der Waals surface area contributed by atoms with E-state index in [9.17, 15) is 18.0 Å². The summed E-state index contributed by atoms with van der Waals surface area (Å²) >= 11 is 12.8. The maximum Gasteiger partial charge on any atom is 0.416 e. The van der Waals surface area contributed by atoms with E-state index in [4.69, 9.17) is 23.2 Å². The lowest BCUT2D eigenvalue weighted by molar-refractivity contribution is -0.137. The van der Waals surface area contributed by atoms with Gasteiger partial charge in [0.1, 0.15) is 5.69 Å². The zero-order valence-corrected chi connectivity index (χ0v) is 17.1. The molecule has 0 amide bonds. The second-order valence-electron chi connectivity index (χ2n) is 6.14. The Hall–Kier alpha value is -2.69. The second kappa shape index (κ2) is 7.86. The predicted octanol–water partition coefficient (Wildman–Crippen LogP) is 5.17. The zero-order chi connectivity index (χ0) is 21.5. The summed E-state index contributed by atoms with van der Waals surface area (Å²) < 4.78 is 40.6. The maximum absolute atomic E-state index is 12.9. The van der Waals surface area contributed by atoms with E-state index < -0.39 is 17.3 Å². The Labute approximate surface area is 180 Å². The fourth-order valence-corrected chi connectivity index (χ4v) is 3.97. The molecule has 2 aromatic carbocycles. The molecule has 1 N–H and O–H groups in total. The molecule has 30 heavy (non-hydrogen) atoms. The number of anilines is 1. The van der Waals surface area contributed by atoms with Crippen LogP contribution in [0, 0.1) is 0 Å². The minimum atomic E-state index is -4.61. The smallest absolute Gasteiger partial charge is 0.356 e. The molecule has 2 heterocycles. The molecule has 0 fully saturated rings. The number of benzene rings is 2. The van der Waals surface area contributed by atoms with Gasteiger partial charge in [-0.05, 0) is 36.4 Å². The first-order valence-electron chi connectivity index (χ1n) is 8.33. The molecule has 0 unspecified atom stereocenters. The van der Waals surface area contributed by atoms with Gasteiger partial charge < -0.3 is 5.32 Å². The van der Waals surface area contributed by atoms with E-state index in [0.717, 1.165) is 29.2 Å². The highest BCUT2D eigenvalue weighted by molar-refractivity contribution is 7.22. The highest BCUT2D eigenvalue weighted by atomic mass is 35.5. The fourth-order valence-electron chi connectivity index (χ4n) is 2.63. The number of halogens is 5. The number of rotatable bonds is 4. The number of fused-ring (bicyclic) bond motifs is 1. The van der Waals surface area contributed by atoms with Crippen LogP contribution in [0.2, 0.25) is 10.0 Å². The lowest BCUT2D eigenvalue weighted by atomic mass is 10.1. The van der Waals surface area contributed by atoms with Gasteiger partial charge in [0.2, 0.25) is 0 Å². The van der Waals surface area contributed by atoms with Crippen LogP contribution in [0.4, 0.5) is 18.3 Å². The summed E-state index contributed by atoms with van der Waals surface area (Å²) in [7, 11) is 0. The van der Waals surface area contributed by atoms with Crippen LogP contribution >= 0.6 is 34.5 Å². The SMILES string of the molecule is O=c1nc(NCc2cn(-c3ccc(Cl)cc3)nn2)sc2c(Cl)cc(C(F)(F)F)cc12. The van der Waals surface area contributed by atoms with Gasteiger partial charge in [0, 0.05) is 5.02 Å². The summed E-state index contributed by atoms with van der Waals surface area (Å²) in [4.78, 5) is 16.1.